The van der Waals surface area contributed by atoms with Crippen molar-refractivity contribution in [3.63, 3.8) is 0 Å². The number of aliphatic imine (C=N–C) groups is 3. The second kappa shape index (κ2) is 23.6. The van der Waals surface area contributed by atoms with Crippen molar-refractivity contribution in [1.29, 1.82) is 0 Å². The Labute approximate surface area is 374 Å². The van der Waals surface area contributed by atoms with E-state index in [2.05, 4.69) is 39.1 Å². The largest absolute Gasteiger partial charge is 0.511 e. The number of hydrogen-bond acceptors (Lipinski definition) is 8. The maximum atomic E-state index is 13.2. The molecule has 8 bridgehead atoms. The Morgan fingerprint density at radius 3 is 1.81 bits per heavy atom. The molecule has 2 atom stereocenters. The van der Waals surface area contributed by atoms with E-state index in [1.54, 1.807) is 0 Å². The van der Waals surface area contributed by atoms with Crippen molar-refractivity contribution in [2.24, 2.45) is 26.8 Å². The van der Waals surface area contributed by atoms with E-state index in [4.69, 9.17) is 19.7 Å². The number of carbonyl (C=O) groups is 1. The molecule has 1 saturated heterocycles. The van der Waals surface area contributed by atoms with Gasteiger partial charge in [-0.15, -0.1) is 0 Å². The van der Waals surface area contributed by atoms with E-state index < -0.39 is 0 Å². The van der Waals surface area contributed by atoms with E-state index >= 15 is 0 Å². The molecule has 0 aromatic rings. The summed E-state index contributed by atoms with van der Waals surface area (Å²) >= 11 is 0. The number of aliphatic hydroxyl groups is 2. The average molecular weight is 847 g/mol. The fraction of sp³-hybridized carbons (Fsp3) is 0.630. The first-order valence-electron chi connectivity index (χ1n) is 24.9. The van der Waals surface area contributed by atoms with Crippen molar-refractivity contribution in [2.45, 2.75) is 196 Å². The van der Waals surface area contributed by atoms with Crippen LogP contribution in [-0.4, -0.2) is 46.5 Å². The Morgan fingerprint density at radius 1 is 0.710 bits per heavy atom. The molecule has 1 fully saturated rings. The number of nitrogens with one attached hydrogen (secondary N) is 1. The number of aliphatic hydroxyl groups excluding tert-OH is 2. The lowest BCUT2D eigenvalue weighted by Crippen LogP contribution is -2.16. The SMILES string of the molecule is CCCCCCCCCCCCCCCCCCCCCCOC(=O)CC[C@@H]1C2=C3CC(O)=C4C3=NC(=C4C)C=C3N=C(C=C4N=C(C=C(N2)[C@H]1C)C(C)=C4CO)C(C)=C3CC. The molecule has 8 heteroatoms. The Morgan fingerprint density at radius 2 is 1.24 bits per heavy atom. The van der Waals surface area contributed by atoms with E-state index in [9.17, 15) is 15.0 Å². The Hall–Kier alpha value is -4.04. The molecule has 0 spiro atoms. The molecule has 5 aliphatic heterocycles. The smallest absolute Gasteiger partial charge is 0.305 e. The first-order valence-corrected chi connectivity index (χ1v) is 24.9. The molecule has 338 valence electrons. The van der Waals surface area contributed by atoms with Gasteiger partial charge in [0.25, 0.3) is 0 Å². The summed E-state index contributed by atoms with van der Waals surface area (Å²) in [5.41, 5.74) is 13.6. The fourth-order valence-electron chi connectivity index (χ4n) is 10.2. The molecule has 0 amide bonds. The molecule has 8 nitrogen and oxygen atoms in total. The minimum absolute atomic E-state index is 0.00535. The van der Waals surface area contributed by atoms with Crippen LogP contribution in [0.1, 0.15) is 196 Å². The standard InChI is InChI=1S/C54H78N4O4/c1-7-9-10-11-12-13-14-15-16-17-18-19-20-21-22-23-24-25-26-27-30-62-51(61)29-28-41-37(4)46-32-44-38(5)43(35-59)49(56-44)33-45-36(3)40(8-2)48(55-45)34-47-39(6)52-50(60)31-42(53(41)57-46)54(52)58-47/h32-34,37,41,57,59-60H,7-31,35H2,1-6H3/t37-,41-/m0/s1. The van der Waals surface area contributed by atoms with Gasteiger partial charge in [-0.3, -0.25) is 4.79 Å². The van der Waals surface area contributed by atoms with Crippen molar-refractivity contribution in [3.05, 3.63) is 91.5 Å². The predicted molar refractivity (Wildman–Crippen MR) is 257 cm³/mol. The summed E-state index contributed by atoms with van der Waals surface area (Å²) in [5, 5.41) is 25.7. The Bertz CT molecular complexity index is 2010. The van der Waals surface area contributed by atoms with Crippen molar-refractivity contribution in [1.82, 2.24) is 5.32 Å². The van der Waals surface area contributed by atoms with E-state index in [0.29, 0.717) is 31.6 Å². The zero-order chi connectivity index (χ0) is 44.0. The first-order chi connectivity index (χ1) is 30.2. The molecule has 0 aromatic heterocycles. The number of hydrogen-bond donors (Lipinski definition) is 3. The third-order valence-corrected chi connectivity index (χ3v) is 14.3. The highest BCUT2D eigenvalue weighted by molar-refractivity contribution is 6.21. The van der Waals surface area contributed by atoms with Gasteiger partial charge in [0.15, 0.2) is 0 Å². The minimum atomic E-state index is -0.152. The van der Waals surface area contributed by atoms with Crippen LogP contribution in [0.3, 0.4) is 0 Å². The lowest BCUT2D eigenvalue weighted by Gasteiger charge is -2.17. The number of esters is 1. The Kier molecular flexibility index (Phi) is 18.0. The first kappa shape index (κ1) is 47.4. The quantitative estimate of drug-likeness (QED) is 0.0592. The van der Waals surface area contributed by atoms with Gasteiger partial charge in [0.1, 0.15) is 5.76 Å². The lowest BCUT2D eigenvalue weighted by atomic mass is 9.86. The summed E-state index contributed by atoms with van der Waals surface area (Å²) < 4.78 is 5.78. The van der Waals surface area contributed by atoms with Crippen LogP contribution in [0.15, 0.2) is 106 Å². The number of nitrogens with zero attached hydrogens (tertiary/aromatic N) is 3. The minimum Gasteiger partial charge on any atom is -0.511 e. The molecule has 62 heavy (non-hydrogen) atoms. The number of fused-ring (bicyclic) bond motifs is 5. The van der Waals surface area contributed by atoms with Gasteiger partial charge in [0.2, 0.25) is 0 Å². The van der Waals surface area contributed by atoms with Gasteiger partial charge in [0, 0.05) is 52.8 Å². The van der Waals surface area contributed by atoms with Crippen LogP contribution in [0, 0.1) is 11.8 Å². The zero-order valence-electron chi connectivity index (χ0n) is 39.3. The van der Waals surface area contributed by atoms with Crippen LogP contribution < -0.4 is 5.32 Å². The predicted octanol–water partition coefficient (Wildman–Crippen LogP) is 13.8. The molecule has 0 saturated carbocycles. The monoisotopic (exact) mass is 847 g/mol. The van der Waals surface area contributed by atoms with E-state index in [1.807, 2.05) is 26.0 Å². The molecule has 6 rings (SSSR count). The van der Waals surface area contributed by atoms with Gasteiger partial charge in [0.05, 0.1) is 47.4 Å². The summed E-state index contributed by atoms with van der Waals surface area (Å²) in [6.07, 6.45) is 35.2. The zero-order valence-corrected chi connectivity index (χ0v) is 39.3. The summed E-state index contributed by atoms with van der Waals surface area (Å²) in [6.45, 7) is 13.1. The molecule has 6 aliphatic rings. The summed E-state index contributed by atoms with van der Waals surface area (Å²) in [6, 6.07) is 0. The van der Waals surface area contributed by atoms with Gasteiger partial charge in [-0.1, -0.05) is 143 Å². The topological polar surface area (TPSA) is 116 Å². The van der Waals surface area contributed by atoms with Gasteiger partial charge < -0.3 is 20.3 Å². The van der Waals surface area contributed by atoms with Gasteiger partial charge in [-0.2, -0.15) is 0 Å². The van der Waals surface area contributed by atoms with Crippen LogP contribution in [0.5, 0.6) is 0 Å². The highest BCUT2D eigenvalue weighted by Gasteiger charge is 2.41. The number of carbonyl (C=O) groups excluding carboxylic acids is 1. The summed E-state index contributed by atoms with van der Waals surface area (Å²) in [7, 11) is 0. The van der Waals surface area contributed by atoms with Crippen LogP contribution in [0.4, 0.5) is 0 Å². The molecule has 3 N–H and O–H groups in total. The normalized spacial score (nSPS) is 20.6. The average Bonchev–Trinajstić information content (AvgIpc) is 4.02. The van der Waals surface area contributed by atoms with Crippen molar-refractivity contribution < 1.29 is 19.7 Å². The van der Waals surface area contributed by atoms with Crippen molar-refractivity contribution in [2.75, 3.05) is 13.2 Å². The van der Waals surface area contributed by atoms with Crippen LogP contribution >= 0.6 is 0 Å². The summed E-state index contributed by atoms with van der Waals surface area (Å²) in [4.78, 5) is 28.5. The van der Waals surface area contributed by atoms with Crippen LogP contribution in [0.2, 0.25) is 0 Å². The molecular weight excluding hydrogens is 769 g/mol. The van der Waals surface area contributed by atoms with Gasteiger partial charge >= 0.3 is 5.97 Å². The Balaban J connectivity index is 0.977. The fourth-order valence-corrected chi connectivity index (χ4v) is 10.2. The second-order valence-corrected chi connectivity index (χ2v) is 18.7. The second-order valence-electron chi connectivity index (χ2n) is 18.7. The highest BCUT2D eigenvalue weighted by Crippen LogP contribution is 2.46. The molecule has 1 aliphatic carbocycles. The highest BCUT2D eigenvalue weighted by atomic mass is 16.5. The molecule has 0 aromatic carbocycles. The maximum Gasteiger partial charge on any atom is 0.305 e. The molecule has 5 heterocycles. The molecule has 0 radical (unpaired) electrons. The van der Waals surface area contributed by atoms with Gasteiger partial charge in [-0.05, 0) is 80.6 Å². The molecular formula is C54H78N4O4. The van der Waals surface area contributed by atoms with Crippen molar-refractivity contribution in [3.8, 4) is 0 Å². The lowest BCUT2D eigenvalue weighted by molar-refractivity contribution is -0.144. The maximum absolute atomic E-state index is 13.2. The van der Waals surface area contributed by atoms with E-state index in [0.717, 1.165) is 104 Å². The molecule has 0 unspecified atom stereocenters. The third kappa shape index (κ3) is 11.7. The van der Waals surface area contributed by atoms with Crippen molar-refractivity contribution >= 4 is 23.1 Å². The van der Waals surface area contributed by atoms with Crippen LogP contribution in [-0.2, 0) is 9.53 Å². The number of allylic oxidation sites excluding steroid dienone is 11. The van der Waals surface area contributed by atoms with E-state index in [-0.39, 0.29) is 24.4 Å². The summed E-state index contributed by atoms with van der Waals surface area (Å²) in [5.74, 6) is 0.221. The number of ether oxygens (including phenoxy) is 1. The number of rotatable bonds is 26. The third-order valence-electron chi connectivity index (χ3n) is 14.3. The number of unbranched alkanes of at least 4 members (excludes halogenated alkanes) is 19. The van der Waals surface area contributed by atoms with E-state index in [1.165, 1.54) is 116 Å². The van der Waals surface area contributed by atoms with Crippen LogP contribution in [0.25, 0.3) is 0 Å². The van der Waals surface area contributed by atoms with Gasteiger partial charge in [-0.25, -0.2) is 15.0 Å².